The van der Waals surface area contributed by atoms with E-state index in [-0.39, 0.29) is 11.7 Å². The molecule has 0 N–H and O–H groups in total. The topological polar surface area (TPSA) is 56.3 Å². The van der Waals surface area contributed by atoms with E-state index in [1.807, 2.05) is 20.8 Å². The highest BCUT2D eigenvalue weighted by Gasteiger charge is 2.30. The summed E-state index contributed by atoms with van der Waals surface area (Å²) in [5, 5.41) is 0.592. The van der Waals surface area contributed by atoms with Crippen molar-refractivity contribution < 1.29 is 27.5 Å². The van der Waals surface area contributed by atoms with Gasteiger partial charge >= 0.3 is 12.1 Å². The third-order valence-corrected chi connectivity index (χ3v) is 6.57. The van der Waals surface area contributed by atoms with E-state index in [0.717, 1.165) is 33.8 Å². The number of ketones is 1. The van der Waals surface area contributed by atoms with Gasteiger partial charge in [0, 0.05) is 17.2 Å². The van der Waals surface area contributed by atoms with Crippen LogP contribution in [0.5, 0.6) is 0 Å². The van der Waals surface area contributed by atoms with E-state index >= 15 is 0 Å². The van der Waals surface area contributed by atoms with Gasteiger partial charge in [0.05, 0.1) is 23.2 Å². The molecule has 0 fully saturated rings. The van der Waals surface area contributed by atoms with Gasteiger partial charge < -0.3 is 4.74 Å². The Kier molecular flexibility index (Phi) is 8.63. The maximum atomic E-state index is 12.9. The molecule has 0 spiro atoms. The average molecular weight is 514 g/mol. The first-order valence-electron chi connectivity index (χ1n) is 11.3. The summed E-state index contributed by atoms with van der Waals surface area (Å²) < 4.78 is 43.3. The molecule has 1 aromatic heterocycles. The molecule has 3 rings (SSSR count). The number of nitrogens with zero attached hydrogens (tertiary/aromatic N) is 1. The van der Waals surface area contributed by atoms with Crippen LogP contribution in [-0.4, -0.2) is 23.8 Å². The van der Waals surface area contributed by atoms with Crippen LogP contribution in [0.15, 0.2) is 54.6 Å². The molecule has 2 aromatic carbocycles. The Morgan fingerprint density at radius 3 is 2.33 bits per heavy atom. The maximum Gasteiger partial charge on any atom is 0.416 e. The van der Waals surface area contributed by atoms with Gasteiger partial charge in [-0.05, 0) is 59.9 Å². The van der Waals surface area contributed by atoms with Crippen LogP contribution < -0.4 is 0 Å². The number of hydrogen-bond donors (Lipinski definition) is 0. The molecule has 0 saturated carbocycles. The summed E-state index contributed by atoms with van der Waals surface area (Å²) in [6, 6.07) is 10.2. The van der Waals surface area contributed by atoms with Gasteiger partial charge in [-0.3, -0.25) is 4.79 Å². The summed E-state index contributed by atoms with van der Waals surface area (Å²) in [5.74, 6) is -0.583. The van der Waals surface area contributed by atoms with Gasteiger partial charge in [0.25, 0.3) is 0 Å². The lowest BCUT2D eigenvalue weighted by molar-refractivity contribution is -0.137. The number of rotatable bonds is 8. The number of thiazole rings is 1. The van der Waals surface area contributed by atoms with Crippen LogP contribution in [0, 0.1) is 0 Å². The van der Waals surface area contributed by atoms with Gasteiger partial charge in [-0.25, -0.2) is 9.78 Å². The quantitative estimate of drug-likeness (QED) is 0.177. The molecule has 0 radical (unpaired) electrons. The fraction of sp³-hybridized carbons (Fsp3) is 0.250. The molecule has 0 unspecified atom stereocenters. The van der Waals surface area contributed by atoms with E-state index in [2.05, 4.69) is 9.72 Å². The molecular formula is C28H26F3NO3S. The molecule has 0 aliphatic rings. The molecule has 0 aliphatic heterocycles. The molecule has 0 amide bonds. The van der Waals surface area contributed by atoms with Gasteiger partial charge in [0.1, 0.15) is 5.01 Å². The number of aromatic nitrogens is 1. The SMILES string of the molecule is CCc1cc(C(=O)C=Cc2sc(-c3ccc(C(F)(F)F)cc3)nc2C(C)C)ccc1C=CC(=O)OC. The zero-order valence-corrected chi connectivity index (χ0v) is 21.2. The largest absolute Gasteiger partial charge is 0.466 e. The molecule has 36 heavy (non-hydrogen) atoms. The zero-order chi connectivity index (χ0) is 26.5. The predicted octanol–water partition coefficient (Wildman–Crippen LogP) is 7.60. The summed E-state index contributed by atoms with van der Waals surface area (Å²) in [4.78, 5) is 29.7. The fourth-order valence-electron chi connectivity index (χ4n) is 3.50. The number of aryl methyl sites for hydroxylation is 1. The van der Waals surface area contributed by atoms with Gasteiger partial charge in [0.15, 0.2) is 5.78 Å². The van der Waals surface area contributed by atoms with Crippen LogP contribution >= 0.6 is 11.3 Å². The molecule has 0 saturated heterocycles. The lowest BCUT2D eigenvalue weighted by atomic mass is 9.99. The van der Waals surface area contributed by atoms with Crippen LogP contribution in [0.4, 0.5) is 13.2 Å². The third kappa shape index (κ3) is 6.57. The molecular weight excluding hydrogens is 487 g/mol. The Morgan fingerprint density at radius 2 is 1.75 bits per heavy atom. The second-order valence-corrected chi connectivity index (χ2v) is 9.35. The number of benzene rings is 2. The molecule has 0 atom stereocenters. The molecule has 0 aliphatic carbocycles. The van der Waals surface area contributed by atoms with Crippen molar-refractivity contribution in [1.29, 1.82) is 0 Å². The van der Waals surface area contributed by atoms with Crippen molar-refractivity contribution in [2.24, 2.45) is 0 Å². The monoisotopic (exact) mass is 513 g/mol. The number of esters is 1. The maximum absolute atomic E-state index is 12.9. The van der Waals surface area contributed by atoms with Gasteiger partial charge in [0.2, 0.25) is 0 Å². The number of carbonyl (C=O) groups excluding carboxylic acids is 2. The normalized spacial score (nSPS) is 12.1. The Balaban J connectivity index is 1.86. The number of allylic oxidation sites excluding steroid dienone is 1. The number of ether oxygens (including phenoxy) is 1. The van der Waals surface area contributed by atoms with Gasteiger partial charge in [-0.1, -0.05) is 45.0 Å². The highest BCUT2D eigenvalue weighted by molar-refractivity contribution is 7.16. The Morgan fingerprint density at radius 1 is 1.06 bits per heavy atom. The third-order valence-electron chi connectivity index (χ3n) is 5.48. The first-order valence-corrected chi connectivity index (χ1v) is 12.1. The van der Waals surface area contributed by atoms with E-state index in [9.17, 15) is 22.8 Å². The van der Waals surface area contributed by atoms with Crippen molar-refractivity contribution in [3.63, 3.8) is 0 Å². The number of carbonyl (C=O) groups is 2. The number of hydrogen-bond acceptors (Lipinski definition) is 5. The van der Waals surface area contributed by atoms with E-state index in [1.165, 1.54) is 42.7 Å². The van der Waals surface area contributed by atoms with E-state index in [1.54, 1.807) is 30.4 Å². The van der Waals surface area contributed by atoms with Crippen molar-refractivity contribution in [1.82, 2.24) is 4.98 Å². The van der Waals surface area contributed by atoms with Crippen molar-refractivity contribution in [3.8, 4) is 10.6 Å². The fourth-order valence-corrected chi connectivity index (χ4v) is 4.63. The average Bonchev–Trinajstić information content (AvgIpc) is 3.30. The van der Waals surface area contributed by atoms with E-state index < -0.39 is 17.7 Å². The van der Waals surface area contributed by atoms with Crippen LogP contribution in [-0.2, 0) is 22.1 Å². The summed E-state index contributed by atoms with van der Waals surface area (Å²) >= 11 is 1.33. The van der Waals surface area contributed by atoms with Crippen LogP contribution in [0.3, 0.4) is 0 Å². The Bertz CT molecular complexity index is 1300. The first kappa shape index (κ1) is 27.1. The van der Waals surface area contributed by atoms with Crippen LogP contribution in [0.2, 0.25) is 0 Å². The second-order valence-electron chi connectivity index (χ2n) is 8.32. The smallest absolute Gasteiger partial charge is 0.416 e. The van der Waals surface area contributed by atoms with Crippen LogP contribution in [0.25, 0.3) is 22.7 Å². The van der Waals surface area contributed by atoms with E-state index in [0.29, 0.717) is 22.6 Å². The van der Waals surface area contributed by atoms with Crippen molar-refractivity contribution in [2.45, 2.75) is 39.3 Å². The lowest BCUT2D eigenvalue weighted by Gasteiger charge is -2.06. The molecule has 4 nitrogen and oxygen atoms in total. The van der Waals surface area contributed by atoms with Crippen molar-refractivity contribution in [2.75, 3.05) is 7.11 Å². The number of alkyl halides is 3. The summed E-state index contributed by atoms with van der Waals surface area (Å²) in [5.41, 5.74) is 2.90. The van der Waals surface area contributed by atoms with Crippen molar-refractivity contribution in [3.05, 3.63) is 87.4 Å². The minimum atomic E-state index is -4.40. The van der Waals surface area contributed by atoms with Gasteiger partial charge in [-0.15, -0.1) is 11.3 Å². The first-order chi connectivity index (χ1) is 17.0. The highest BCUT2D eigenvalue weighted by Crippen LogP contribution is 2.35. The number of halogens is 3. The van der Waals surface area contributed by atoms with Gasteiger partial charge in [-0.2, -0.15) is 13.2 Å². The molecule has 188 valence electrons. The summed E-state index contributed by atoms with van der Waals surface area (Å²) in [6.45, 7) is 5.90. The summed E-state index contributed by atoms with van der Waals surface area (Å²) in [6.07, 6.45) is 2.46. The minimum absolute atomic E-state index is 0.0618. The molecule has 3 aromatic rings. The highest BCUT2D eigenvalue weighted by atomic mass is 32.1. The second kappa shape index (κ2) is 11.5. The Hall–Kier alpha value is -3.52. The lowest BCUT2D eigenvalue weighted by Crippen LogP contribution is -2.03. The van der Waals surface area contributed by atoms with E-state index in [4.69, 9.17) is 0 Å². The zero-order valence-electron chi connectivity index (χ0n) is 20.3. The summed E-state index contributed by atoms with van der Waals surface area (Å²) in [7, 11) is 1.31. The van der Waals surface area contributed by atoms with Crippen molar-refractivity contribution >= 4 is 35.2 Å². The Labute approximate surface area is 212 Å². The molecule has 8 heteroatoms. The minimum Gasteiger partial charge on any atom is -0.466 e. The predicted molar refractivity (Wildman–Crippen MR) is 137 cm³/mol. The standard InChI is InChI=1S/C28H26F3NO3S/c1-5-18-16-21(7-6-19(18)10-15-25(34)35-4)23(33)13-14-24-26(17(2)3)32-27(36-24)20-8-11-22(12-9-20)28(29,30)31/h6-17H,5H2,1-4H3. The molecule has 0 bridgehead atoms. The number of methoxy groups -OCH3 is 1. The van der Waals surface area contributed by atoms with Crippen LogP contribution in [0.1, 0.15) is 64.3 Å². The molecule has 1 heterocycles.